The Bertz CT molecular complexity index is 910. The van der Waals surface area contributed by atoms with Crippen LogP contribution >= 0.6 is 11.3 Å². The van der Waals surface area contributed by atoms with E-state index in [2.05, 4.69) is 17.8 Å². The number of rotatable bonds is 10. The van der Waals surface area contributed by atoms with Crippen LogP contribution in [0.1, 0.15) is 66.2 Å². The molecule has 2 N–H and O–H groups in total. The second kappa shape index (κ2) is 12.2. The lowest BCUT2D eigenvalue weighted by molar-refractivity contribution is -0.134. The zero-order valence-corrected chi connectivity index (χ0v) is 19.3. The fourth-order valence-corrected chi connectivity index (χ4v) is 4.41. The Hall–Kier alpha value is -2.87. The van der Waals surface area contributed by atoms with E-state index < -0.39 is 11.8 Å². The van der Waals surface area contributed by atoms with E-state index >= 15 is 0 Å². The number of nitrogens with zero attached hydrogens (tertiary/aromatic N) is 1. The van der Waals surface area contributed by atoms with Gasteiger partial charge in [0.25, 0.3) is 5.91 Å². The monoisotopic (exact) mass is 457 g/mol. The minimum absolute atomic E-state index is 0.0247. The third-order valence-electron chi connectivity index (χ3n) is 5.42. The van der Waals surface area contributed by atoms with Crippen molar-refractivity contribution in [3.63, 3.8) is 0 Å². The number of carbonyl (C=O) groups is 3. The smallest absolute Gasteiger partial charge is 0.269 e. The Balaban J connectivity index is 1.33. The average Bonchev–Trinajstić information content (AvgIpc) is 3.29. The van der Waals surface area contributed by atoms with Gasteiger partial charge < -0.3 is 9.64 Å². The normalized spacial score (nSPS) is 12.7. The minimum atomic E-state index is -0.416. The number of unbranched alkanes of at least 4 members (excludes halogenated alkanes) is 3. The fourth-order valence-electron chi connectivity index (χ4n) is 3.52. The summed E-state index contributed by atoms with van der Waals surface area (Å²) < 4.78 is 5.67. The van der Waals surface area contributed by atoms with Crippen molar-refractivity contribution >= 4 is 29.1 Å². The topological polar surface area (TPSA) is 87.7 Å². The van der Waals surface area contributed by atoms with Crippen molar-refractivity contribution < 1.29 is 19.1 Å². The molecule has 8 heteroatoms. The molecule has 0 radical (unpaired) electrons. The van der Waals surface area contributed by atoms with Crippen LogP contribution in [0.5, 0.6) is 5.75 Å². The number of fused-ring (bicyclic) bond motifs is 1. The van der Waals surface area contributed by atoms with Crippen LogP contribution in [0.4, 0.5) is 0 Å². The maximum atomic E-state index is 12.4. The Morgan fingerprint density at radius 1 is 1.03 bits per heavy atom. The molecular formula is C24H31N3O4S. The number of thiophene rings is 1. The summed E-state index contributed by atoms with van der Waals surface area (Å²) in [6, 6.07) is 8.84. The zero-order valence-electron chi connectivity index (χ0n) is 18.5. The average molecular weight is 458 g/mol. The van der Waals surface area contributed by atoms with E-state index in [0.717, 1.165) is 19.3 Å². The third kappa shape index (κ3) is 7.09. The maximum Gasteiger partial charge on any atom is 0.269 e. The first-order chi connectivity index (χ1) is 15.6. The van der Waals surface area contributed by atoms with Gasteiger partial charge in [0.15, 0.2) is 0 Å². The van der Waals surface area contributed by atoms with Crippen molar-refractivity contribution in [3.05, 3.63) is 51.7 Å². The van der Waals surface area contributed by atoms with Gasteiger partial charge in [0.2, 0.25) is 11.8 Å². The molecule has 1 aliphatic heterocycles. The van der Waals surface area contributed by atoms with Crippen LogP contribution in [0.3, 0.4) is 0 Å². The van der Waals surface area contributed by atoms with Gasteiger partial charge in [-0.25, -0.2) is 0 Å². The quantitative estimate of drug-likeness (QED) is 0.419. The van der Waals surface area contributed by atoms with E-state index in [0.29, 0.717) is 31.0 Å². The molecule has 32 heavy (non-hydrogen) atoms. The van der Waals surface area contributed by atoms with Crippen molar-refractivity contribution in [1.29, 1.82) is 0 Å². The number of hydrogen-bond acceptors (Lipinski definition) is 5. The van der Waals surface area contributed by atoms with E-state index in [4.69, 9.17) is 4.74 Å². The Labute approximate surface area is 193 Å². The highest BCUT2D eigenvalue weighted by Gasteiger charge is 2.21. The van der Waals surface area contributed by atoms with Crippen LogP contribution in [0.15, 0.2) is 35.7 Å². The van der Waals surface area contributed by atoms with Crippen molar-refractivity contribution in [2.45, 2.75) is 58.4 Å². The van der Waals surface area contributed by atoms with Gasteiger partial charge in [-0.3, -0.25) is 25.2 Å². The highest BCUT2D eigenvalue weighted by Crippen LogP contribution is 2.24. The van der Waals surface area contributed by atoms with Crippen LogP contribution in [0.25, 0.3) is 0 Å². The van der Waals surface area contributed by atoms with Gasteiger partial charge in [-0.2, -0.15) is 0 Å². The second-order valence-corrected chi connectivity index (χ2v) is 8.87. The lowest BCUT2D eigenvalue weighted by Gasteiger charge is -2.27. The summed E-state index contributed by atoms with van der Waals surface area (Å²) in [5.74, 6) is -0.145. The largest absolute Gasteiger partial charge is 0.494 e. The number of hydrazine groups is 1. The number of hydrogen-bond donors (Lipinski definition) is 2. The predicted molar refractivity (Wildman–Crippen MR) is 124 cm³/mol. The number of nitrogens with one attached hydrogen (secondary N) is 2. The molecule has 0 saturated carbocycles. The maximum absolute atomic E-state index is 12.4. The molecule has 0 unspecified atom stereocenters. The molecule has 2 aromatic rings. The molecule has 0 saturated heterocycles. The molecule has 172 valence electrons. The Kier molecular flexibility index (Phi) is 9.10. The van der Waals surface area contributed by atoms with E-state index in [1.165, 1.54) is 23.3 Å². The third-order valence-corrected chi connectivity index (χ3v) is 6.45. The number of ether oxygens (including phenoxy) is 1. The van der Waals surface area contributed by atoms with Crippen LogP contribution < -0.4 is 15.6 Å². The number of amides is 3. The highest BCUT2D eigenvalue weighted by atomic mass is 32.1. The zero-order chi connectivity index (χ0) is 22.8. The van der Waals surface area contributed by atoms with Gasteiger partial charge in [-0.15, -0.1) is 11.3 Å². The van der Waals surface area contributed by atoms with E-state index in [9.17, 15) is 14.4 Å². The summed E-state index contributed by atoms with van der Waals surface area (Å²) in [6.07, 6.45) is 5.56. The van der Waals surface area contributed by atoms with Crippen molar-refractivity contribution in [2.24, 2.45) is 0 Å². The van der Waals surface area contributed by atoms with Gasteiger partial charge in [-0.05, 0) is 54.1 Å². The van der Waals surface area contributed by atoms with Crippen molar-refractivity contribution in [1.82, 2.24) is 15.8 Å². The molecule has 0 bridgehead atoms. The van der Waals surface area contributed by atoms with E-state index in [1.54, 1.807) is 40.5 Å². The lowest BCUT2D eigenvalue weighted by Crippen LogP contribution is -2.42. The van der Waals surface area contributed by atoms with Crippen LogP contribution in [0.2, 0.25) is 0 Å². The standard InChI is InChI=1S/C24H31N3O4S/c1-2-3-4-5-15-31-20-8-6-18(7-9-20)24(30)26-25-22(28)10-11-23(29)27-14-12-21-19(17-27)13-16-32-21/h6-9,13,16H,2-5,10-12,14-15,17H2,1H3,(H,25,28)(H,26,30). The predicted octanol–water partition coefficient (Wildman–Crippen LogP) is 3.83. The molecule has 3 rings (SSSR count). The first-order valence-corrected chi connectivity index (χ1v) is 12.1. The number of benzene rings is 1. The molecule has 0 fully saturated rings. The van der Waals surface area contributed by atoms with Crippen molar-refractivity contribution in [3.8, 4) is 5.75 Å². The van der Waals surface area contributed by atoms with Gasteiger partial charge in [0.1, 0.15) is 5.75 Å². The van der Waals surface area contributed by atoms with E-state index in [1.807, 2.05) is 11.4 Å². The molecule has 0 spiro atoms. The summed E-state index contributed by atoms with van der Waals surface area (Å²) in [5, 5.41) is 2.05. The molecular weight excluding hydrogens is 426 g/mol. The van der Waals surface area contributed by atoms with Gasteiger partial charge in [0.05, 0.1) is 6.61 Å². The van der Waals surface area contributed by atoms with Gasteiger partial charge >= 0.3 is 0 Å². The molecule has 1 aromatic heterocycles. The summed E-state index contributed by atoms with van der Waals surface area (Å²) >= 11 is 1.72. The van der Waals surface area contributed by atoms with Crippen LogP contribution in [0, 0.1) is 0 Å². The lowest BCUT2D eigenvalue weighted by atomic mass is 10.1. The SMILES string of the molecule is CCCCCCOc1ccc(C(=O)NNC(=O)CCC(=O)N2CCc3sccc3C2)cc1. The van der Waals surface area contributed by atoms with Gasteiger partial charge in [0, 0.05) is 36.4 Å². The molecule has 2 heterocycles. The van der Waals surface area contributed by atoms with Gasteiger partial charge in [-0.1, -0.05) is 26.2 Å². The molecule has 3 amide bonds. The molecule has 1 aliphatic rings. The second-order valence-electron chi connectivity index (χ2n) is 7.87. The fraction of sp³-hybridized carbons (Fsp3) is 0.458. The summed E-state index contributed by atoms with van der Waals surface area (Å²) in [6.45, 7) is 4.12. The summed E-state index contributed by atoms with van der Waals surface area (Å²) in [5.41, 5.74) is 6.38. The van der Waals surface area contributed by atoms with Crippen molar-refractivity contribution in [2.75, 3.05) is 13.2 Å². The van der Waals surface area contributed by atoms with E-state index in [-0.39, 0.29) is 18.7 Å². The summed E-state index contributed by atoms with van der Waals surface area (Å²) in [7, 11) is 0. The van der Waals surface area contributed by atoms with Crippen LogP contribution in [-0.4, -0.2) is 35.8 Å². The van der Waals surface area contributed by atoms with Crippen LogP contribution in [-0.2, 0) is 22.6 Å². The first kappa shape index (κ1) is 23.8. The number of carbonyl (C=O) groups excluding carboxylic acids is 3. The molecule has 1 aromatic carbocycles. The molecule has 0 aliphatic carbocycles. The molecule has 0 atom stereocenters. The Morgan fingerprint density at radius 2 is 1.84 bits per heavy atom. The Morgan fingerprint density at radius 3 is 2.62 bits per heavy atom. The molecule has 7 nitrogen and oxygen atoms in total. The minimum Gasteiger partial charge on any atom is -0.494 e. The summed E-state index contributed by atoms with van der Waals surface area (Å²) in [4.78, 5) is 39.8. The highest BCUT2D eigenvalue weighted by molar-refractivity contribution is 7.10. The first-order valence-electron chi connectivity index (χ1n) is 11.2.